The van der Waals surface area contributed by atoms with Crippen LogP contribution in [0.15, 0.2) is 97.0 Å². The Morgan fingerprint density at radius 2 is 1.78 bits per heavy atom. The van der Waals surface area contributed by atoms with Crippen molar-refractivity contribution in [2.45, 2.75) is 5.92 Å². The number of fused-ring (bicyclic) bond motifs is 1. The first-order valence-corrected chi connectivity index (χ1v) is 11.3. The average molecular weight is 473 g/mol. The number of benzene rings is 1. The number of nitriles is 1. The Kier molecular flexibility index (Phi) is 5.05. The lowest BCUT2D eigenvalue weighted by atomic mass is 9.83. The third-order valence-corrected chi connectivity index (χ3v) is 6.19. The van der Waals surface area contributed by atoms with E-state index in [0.717, 1.165) is 28.2 Å². The lowest BCUT2D eigenvalue weighted by Crippen LogP contribution is -2.22. The quantitative estimate of drug-likeness (QED) is 0.420. The van der Waals surface area contributed by atoms with Crippen molar-refractivity contribution >= 4 is 0 Å². The third-order valence-electron chi connectivity index (χ3n) is 6.19. The fourth-order valence-corrected chi connectivity index (χ4v) is 4.55. The molecule has 174 valence electrons. The normalized spacial score (nSPS) is 14.7. The van der Waals surface area contributed by atoms with Crippen LogP contribution in [0.25, 0.3) is 28.5 Å². The second-order valence-corrected chi connectivity index (χ2v) is 8.28. The number of pyridine rings is 2. The van der Waals surface area contributed by atoms with Crippen molar-refractivity contribution in [3.8, 4) is 40.4 Å². The Hall–Kier alpha value is -5.23. The summed E-state index contributed by atoms with van der Waals surface area (Å²) < 4.78 is 9.50. The molecule has 9 heteroatoms. The predicted octanol–water partition coefficient (Wildman–Crippen LogP) is 3.95. The maximum atomic E-state index is 10.0. The molecule has 1 aliphatic heterocycles. The maximum absolute atomic E-state index is 10.0. The molecule has 4 aromatic heterocycles. The van der Waals surface area contributed by atoms with E-state index in [9.17, 15) is 5.26 Å². The molecule has 0 fully saturated rings. The first-order valence-electron chi connectivity index (χ1n) is 11.3. The summed E-state index contributed by atoms with van der Waals surface area (Å²) in [6, 6.07) is 19.7. The molecule has 36 heavy (non-hydrogen) atoms. The molecular formula is C27H20N8O. The molecule has 2 N–H and O–H groups in total. The number of hydrogen-bond acceptors (Lipinski definition) is 7. The maximum Gasteiger partial charge on any atom is 0.224 e. The van der Waals surface area contributed by atoms with E-state index < -0.39 is 5.92 Å². The summed E-state index contributed by atoms with van der Waals surface area (Å²) in [5.41, 5.74) is 11.4. The Morgan fingerprint density at radius 3 is 2.50 bits per heavy atom. The van der Waals surface area contributed by atoms with Crippen LogP contribution in [0.3, 0.4) is 0 Å². The van der Waals surface area contributed by atoms with Crippen LogP contribution in [0.2, 0.25) is 0 Å². The molecule has 9 nitrogen and oxygen atoms in total. The van der Waals surface area contributed by atoms with E-state index in [1.165, 1.54) is 0 Å². The summed E-state index contributed by atoms with van der Waals surface area (Å²) in [6.45, 7) is 0. The van der Waals surface area contributed by atoms with Gasteiger partial charge in [0.15, 0.2) is 0 Å². The van der Waals surface area contributed by atoms with E-state index in [4.69, 9.17) is 10.5 Å². The van der Waals surface area contributed by atoms with Gasteiger partial charge >= 0.3 is 0 Å². The molecule has 1 unspecified atom stereocenters. The lowest BCUT2D eigenvalue weighted by Gasteiger charge is -2.25. The highest BCUT2D eigenvalue weighted by Crippen LogP contribution is 2.46. The van der Waals surface area contributed by atoms with Gasteiger partial charge in [-0.1, -0.05) is 18.2 Å². The van der Waals surface area contributed by atoms with Gasteiger partial charge in [-0.25, -0.2) is 9.67 Å². The number of allylic oxidation sites excluding steroid dienone is 1. The summed E-state index contributed by atoms with van der Waals surface area (Å²) in [6.07, 6.45) is 8.88. The summed E-state index contributed by atoms with van der Waals surface area (Å²) >= 11 is 0. The highest BCUT2D eigenvalue weighted by atomic mass is 16.5. The van der Waals surface area contributed by atoms with Crippen LogP contribution >= 0.6 is 0 Å². The monoisotopic (exact) mass is 472 g/mol. The molecule has 0 saturated carbocycles. The van der Waals surface area contributed by atoms with Gasteiger partial charge in [-0.15, -0.1) is 0 Å². The molecule has 0 aliphatic carbocycles. The van der Waals surface area contributed by atoms with Gasteiger partial charge in [-0.05, 0) is 42.0 Å². The van der Waals surface area contributed by atoms with Gasteiger partial charge in [-0.2, -0.15) is 10.4 Å². The smallest absolute Gasteiger partial charge is 0.224 e. The highest BCUT2D eigenvalue weighted by Gasteiger charge is 2.37. The molecular weight excluding hydrogens is 452 g/mol. The van der Waals surface area contributed by atoms with Crippen molar-refractivity contribution in [1.82, 2.24) is 29.3 Å². The van der Waals surface area contributed by atoms with E-state index in [1.54, 1.807) is 36.5 Å². The number of imidazole rings is 1. The van der Waals surface area contributed by atoms with Crippen molar-refractivity contribution in [3.05, 3.63) is 108 Å². The van der Waals surface area contributed by atoms with Crippen molar-refractivity contribution < 1.29 is 4.74 Å². The molecule has 0 amide bonds. The average Bonchev–Trinajstić information content (AvgIpc) is 3.54. The van der Waals surface area contributed by atoms with Gasteiger partial charge < -0.3 is 10.5 Å². The Morgan fingerprint density at radius 1 is 0.972 bits per heavy atom. The first kappa shape index (κ1) is 21.3. The van der Waals surface area contributed by atoms with Crippen LogP contribution < -0.4 is 10.5 Å². The Labute approximate surface area is 206 Å². The zero-order valence-corrected chi connectivity index (χ0v) is 19.3. The van der Waals surface area contributed by atoms with Crippen LogP contribution in [0.1, 0.15) is 17.0 Å². The molecule has 0 saturated heterocycles. The number of nitrogens with two attached hydrogens (primary N) is 1. The van der Waals surface area contributed by atoms with Crippen LogP contribution in [0.4, 0.5) is 0 Å². The number of hydrogen-bond donors (Lipinski definition) is 1. The van der Waals surface area contributed by atoms with Gasteiger partial charge in [0.05, 0.1) is 17.2 Å². The molecule has 6 rings (SSSR count). The predicted molar refractivity (Wildman–Crippen MR) is 133 cm³/mol. The van der Waals surface area contributed by atoms with Crippen LogP contribution in [-0.4, -0.2) is 29.3 Å². The van der Waals surface area contributed by atoms with E-state index in [1.807, 2.05) is 65.4 Å². The second-order valence-electron chi connectivity index (χ2n) is 8.28. The van der Waals surface area contributed by atoms with Crippen LogP contribution in [0, 0.1) is 11.3 Å². The van der Waals surface area contributed by atoms with E-state index in [2.05, 4.69) is 26.1 Å². The number of aromatic nitrogens is 6. The molecule has 0 bridgehead atoms. The minimum absolute atomic E-state index is 0.0734. The van der Waals surface area contributed by atoms with Gasteiger partial charge in [0, 0.05) is 49.3 Å². The summed E-state index contributed by atoms with van der Waals surface area (Å²) in [7, 11) is 1.79. The number of ether oxygens (including phenoxy) is 1. The van der Waals surface area contributed by atoms with Crippen molar-refractivity contribution in [2.24, 2.45) is 12.8 Å². The Bertz CT molecular complexity index is 1630. The van der Waals surface area contributed by atoms with Crippen molar-refractivity contribution in [1.29, 1.82) is 5.26 Å². The zero-order valence-electron chi connectivity index (χ0n) is 19.3. The van der Waals surface area contributed by atoms with Crippen molar-refractivity contribution in [2.75, 3.05) is 0 Å². The largest absolute Gasteiger partial charge is 0.422 e. The minimum Gasteiger partial charge on any atom is -0.422 e. The molecule has 1 aromatic carbocycles. The SMILES string of the molecule is Cn1nc(-c2ccccn2)c2c1OC(N)=C(C#N)C2c1ccc(-n2ccnc2-c2ccncc2)cc1. The molecule has 5 heterocycles. The standard InChI is InChI=1S/C27H20N8O/c1-34-27-23(24(33-34)21-4-2-3-11-31-21)22(20(16-28)25(29)36-27)17-5-7-19(8-6-17)35-15-14-32-26(35)18-9-12-30-13-10-18/h2-15,22H,29H2,1H3. The topological polar surface area (TPSA) is 120 Å². The van der Waals surface area contributed by atoms with Gasteiger partial charge in [0.1, 0.15) is 23.2 Å². The van der Waals surface area contributed by atoms with Crippen LogP contribution in [0.5, 0.6) is 5.88 Å². The lowest BCUT2D eigenvalue weighted by molar-refractivity contribution is 0.358. The van der Waals surface area contributed by atoms with E-state index >= 15 is 0 Å². The second kappa shape index (κ2) is 8.52. The highest BCUT2D eigenvalue weighted by molar-refractivity contribution is 5.69. The molecule has 0 radical (unpaired) electrons. The molecule has 1 aliphatic rings. The zero-order chi connectivity index (χ0) is 24.6. The molecule has 5 aromatic rings. The summed E-state index contributed by atoms with van der Waals surface area (Å²) in [4.78, 5) is 13.1. The number of aryl methyl sites for hydroxylation is 1. The van der Waals surface area contributed by atoms with Gasteiger partial charge in [0.25, 0.3) is 0 Å². The van der Waals surface area contributed by atoms with Gasteiger partial charge in [-0.3, -0.25) is 14.5 Å². The van der Waals surface area contributed by atoms with Crippen molar-refractivity contribution in [3.63, 3.8) is 0 Å². The number of nitrogens with zero attached hydrogens (tertiary/aromatic N) is 7. The Balaban J connectivity index is 1.46. The molecule has 0 spiro atoms. The minimum atomic E-state index is -0.457. The van der Waals surface area contributed by atoms with Crippen LogP contribution in [-0.2, 0) is 7.05 Å². The summed E-state index contributed by atoms with van der Waals surface area (Å²) in [5, 5.41) is 14.7. The first-order chi connectivity index (χ1) is 17.7. The summed E-state index contributed by atoms with van der Waals surface area (Å²) in [5.74, 6) is 0.922. The molecule has 1 atom stereocenters. The van der Waals surface area contributed by atoms with E-state index in [0.29, 0.717) is 22.8 Å². The van der Waals surface area contributed by atoms with E-state index in [-0.39, 0.29) is 5.88 Å². The number of rotatable bonds is 4. The fraction of sp³-hybridized carbons (Fsp3) is 0.0741. The van der Waals surface area contributed by atoms with Gasteiger partial charge in [0.2, 0.25) is 11.8 Å². The third kappa shape index (κ3) is 3.40. The fourth-order valence-electron chi connectivity index (χ4n) is 4.55.